The zero-order chi connectivity index (χ0) is 22.2. The summed E-state index contributed by atoms with van der Waals surface area (Å²) in [7, 11) is 3.45. The van der Waals surface area contributed by atoms with Crippen LogP contribution in [0.2, 0.25) is 0 Å². The molecule has 0 saturated carbocycles. The molecule has 0 amide bonds. The van der Waals surface area contributed by atoms with Crippen molar-refractivity contribution in [2.24, 2.45) is 0 Å². The predicted molar refractivity (Wildman–Crippen MR) is 116 cm³/mol. The summed E-state index contributed by atoms with van der Waals surface area (Å²) in [4.78, 5) is 6.47. The van der Waals surface area contributed by atoms with Gasteiger partial charge in [-0.25, -0.2) is 18.0 Å². The minimum Gasteiger partial charge on any atom is -0.479 e. The maximum atomic E-state index is 14.5. The average molecular weight is 442 g/mol. The molecular weight excluding hydrogens is 418 g/mol. The Hall–Kier alpha value is -3.34. The molecule has 1 aromatic carbocycles. The van der Waals surface area contributed by atoms with E-state index >= 15 is 0 Å². The van der Waals surface area contributed by atoms with Gasteiger partial charge in [-0.05, 0) is 37.2 Å². The number of rotatable bonds is 6. The van der Waals surface area contributed by atoms with Crippen molar-refractivity contribution in [1.82, 2.24) is 34.5 Å². The lowest BCUT2D eigenvalue weighted by Crippen LogP contribution is -2.46. The van der Waals surface area contributed by atoms with Crippen LogP contribution in [0.15, 0.2) is 30.5 Å². The molecular formula is C21H24F2N8O. The highest BCUT2D eigenvalue weighted by Gasteiger charge is 2.28. The van der Waals surface area contributed by atoms with E-state index in [1.165, 1.54) is 0 Å². The zero-order valence-electron chi connectivity index (χ0n) is 17.9. The first-order valence-corrected chi connectivity index (χ1v) is 10.5. The number of methoxy groups -OCH3 is 1. The third-order valence-electron chi connectivity index (χ3n) is 5.85. The molecule has 0 aliphatic carbocycles. The molecule has 0 unspecified atom stereocenters. The second-order valence-corrected chi connectivity index (χ2v) is 7.99. The van der Waals surface area contributed by atoms with Gasteiger partial charge < -0.3 is 15.0 Å². The van der Waals surface area contributed by atoms with Crippen LogP contribution in [0.3, 0.4) is 0 Å². The molecule has 32 heavy (non-hydrogen) atoms. The number of alkyl halides is 2. The third kappa shape index (κ3) is 3.62. The van der Waals surface area contributed by atoms with Crippen molar-refractivity contribution in [3.05, 3.63) is 30.5 Å². The van der Waals surface area contributed by atoms with Crippen molar-refractivity contribution in [1.29, 1.82) is 0 Å². The molecule has 1 aliphatic heterocycles. The summed E-state index contributed by atoms with van der Waals surface area (Å²) >= 11 is 0. The maximum absolute atomic E-state index is 14.5. The first-order chi connectivity index (χ1) is 15.6. The lowest BCUT2D eigenvalue weighted by molar-refractivity contribution is 0.149. The fourth-order valence-corrected chi connectivity index (χ4v) is 4.19. The lowest BCUT2D eigenvalue weighted by Gasteiger charge is -2.32. The molecule has 1 saturated heterocycles. The van der Waals surface area contributed by atoms with Crippen LogP contribution in [-0.4, -0.2) is 80.6 Å². The van der Waals surface area contributed by atoms with Crippen LogP contribution in [0, 0.1) is 0 Å². The van der Waals surface area contributed by atoms with Crippen LogP contribution in [0.5, 0.6) is 5.88 Å². The van der Waals surface area contributed by atoms with Crippen molar-refractivity contribution < 1.29 is 13.5 Å². The Morgan fingerprint density at radius 2 is 2.16 bits per heavy atom. The molecule has 0 radical (unpaired) electrons. The van der Waals surface area contributed by atoms with E-state index in [4.69, 9.17) is 4.74 Å². The minimum absolute atomic E-state index is 0.143. The SMILES string of the molecule is COc1nc(N[C@H]2CCN(C)C[C@H]2F)nn2ccc(-c3ccc4nnn(CCF)c4c3)c12. The lowest BCUT2D eigenvalue weighted by atomic mass is 10.0. The number of nitrogens with zero attached hydrogens (tertiary/aromatic N) is 7. The molecule has 9 nitrogen and oxygen atoms in total. The second kappa shape index (κ2) is 8.30. The number of benzene rings is 1. The van der Waals surface area contributed by atoms with Crippen LogP contribution < -0.4 is 10.1 Å². The molecule has 11 heteroatoms. The highest BCUT2D eigenvalue weighted by atomic mass is 19.1. The average Bonchev–Trinajstić information content (AvgIpc) is 3.39. The Kier molecular flexibility index (Phi) is 5.33. The fraction of sp³-hybridized carbons (Fsp3) is 0.429. The minimum atomic E-state index is -1.01. The third-order valence-corrected chi connectivity index (χ3v) is 5.85. The number of anilines is 1. The van der Waals surface area contributed by atoms with Crippen LogP contribution in [0.25, 0.3) is 27.7 Å². The van der Waals surface area contributed by atoms with Crippen molar-refractivity contribution >= 4 is 22.5 Å². The van der Waals surface area contributed by atoms with Crippen LogP contribution in [0.1, 0.15) is 6.42 Å². The van der Waals surface area contributed by atoms with Crippen molar-refractivity contribution in [3.8, 4) is 17.0 Å². The van der Waals surface area contributed by atoms with Gasteiger partial charge in [0.05, 0.1) is 25.2 Å². The van der Waals surface area contributed by atoms with Crippen molar-refractivity contribution in [2.75, 3.05) is 39.2 Å². The molecule has 5 rings (SSSR count). The van der Waals surface area contributed by atoms with Crippen LogP contribution in [0.4, 0.5) is 14.7 Å². The second-order valence-electron chi connectivity index (χ2n) is 7.99. The van der Waals surface area contributed by atoms with Gasteiger partial charge in [-0.15, -0.1) is 10.2 Å². The van der Waals surface area contributed by atoms with Gasteiger partial charge in [-0.1, -0.05) is 11.3 Å². The number of fused-ring (bicyclic) bond motifs is 2. The van der Waals surface area contributed by atoms with E-state index in [2.05, 4.69) is 25.7 Å². The maximum Gasteiger partial charge on any atom is 0.244 e. The molecule has 0 bridgehead atoms. The Balaban J connectivity index is 1.52. The largest absolute Gasteiger partial charge is 0.479 e. The number of likely N-dealkylation sites (tertiary alicyclic amines) is 1. The summed E-state index contributed by atoms with van der Waals surface area (Å²) in [6, 6.07) is 7.24. The summed E-state index contributed by atoms with van der Waals surface area (Å²) in [6.07, 6.45) is 1.47. The normalized spacial score (nSPS) is 19.6. The van der Waals surface area contributed by atoms with Gasteiger partial charge in [0.1, 0.15) is 23.9 Å². The molecule has 168 valence electrons. The van der Waals surface area contributed by atoms with Gasteiger partial charge in [0.25, 0.3) is 0 Å². The van der Waals surface area contributed by atoms with E-state index in [0.29, 0.717) is 35.8 Å². The number of hydrogen-bond donors (Lipinski definition) is 1. The topological polar surface area (TPSA) is 85.4 Å². The molecule has 4 aromatic rings. The van der Waals surface area contributed by atoms with E-state index in [1.54, 1.807) is 16.3 Å². The molecule has 3 aromatic heterocycles. The monoisotopic (exact) mass is 442 g/mol. The van der Waals surface area contributed by atoms with E-state index in [1.807, 2.05) is 42.4 Å². The number of hydrogen-bond acceptors (Lipinski definition) is 7. The number of ether oxygens (including phenoxy) is 1. The van der Waals surface area contributed by atoms with Gasteiger partial charge in [-0.3, -0.25) is 0 Å². The van der Waals surface area contributed by atoms with E-state index in [0.717, 1.165) is 23.2 Å². The molecule has 0 spiro atoms. The number of aryl methyl sites for hydroxylation is 1. The predicted octanol–water partition coefficient (Wildman–Crippen LogP) is 2.57. The molecule has 1 N–H and O–H groups in total. The Morgan fingerprint density at radius 1 is 1.28 bits per heavy atom. The first-order valence-electron chi connectivity index (χ1n) is 10.5. The van der Waals surface area contributed by atoms with E-state index in [9.17, 15) is 8.78 Å². The summed E-state index contributed by atoms with van der Waals surface area (Å²) in [5, 5.41) is 15.8. The quantitative estimate of drug-likeness (QED) is 0.491. The Labute approximate surface area is 183 Å². The summed E-state index contributed by atoms with van der Waals surface area (Å²) in [5.41, 5.74) is 3.85. The van der Waals surface area contributed by atoms with Gasteiger partial charge in [-0.2, -0.15) is 4.98 Å². The van der Waals surface area contributed by atoms with E-state index in [-0.39, 0.29) is 12.6 Å². The van der Waals surface area contributed by atoms with Crippen LogP contribution in [-0.2, 0) is 6.54 Å². The van der Waals surface area contributed by atoms with Crippen LogP contribution >= 0.6 is 0 Å². The number of nitrogens with one attached hydrogen (secondary N) is 1. The number of piperidine rings is 1. The highest BCUT2D eigenvalue weighted by Crippen LogP contribution is 2.33. The number of halogens is 2. The van der Waals surface area contributed by atoms with Crippen molar-refractivity contribution in [2.45, 2.75) is 25.2 Å². The highest BCUT2D eigenvalue weighted by molar-refractivity contribution is 5.89. The fourth-order valence-electron chi connectivity index (χ4n) is 4.19. The van der Waals surface area contributed by atoms with Crippen molar-refractivity contribution in [3.63, 3.8) is 0 Å². The molecule has 1 aliphatic rings. The summed E-state index contributed by atoms with van der Waals surface area (Å²) in [5.74, 6) is 0.690. The first kappa shape index (κ1) is 20.6. The summed E-state index contributed by atoms with van der Waals surface area (Å²) in [6.45, 7) is 0.805. The standard InChI is InChI=1S/C21H24F2N8O/c1-29-8-6-16(15(23)12-29)24-21-25-20(32-2)19-14(5-9-31(19)27-21)13-3-4-17-18(11-13)30(10-7-22)28-26-17/h3-5,9,11,15-16H,6-8,10,12H2,1-2H3,(H,24,27)/t15-,16+/m1/s1. The Morgan fingerprint density at radius 3 is 2.94 bits per heavy atom. The molecule has 4 heterocycles. The zero-order valence-corrected chi connectivity index (χ0v) is 17.9. The van der Waals surface area contributed by atoms with Gasteiger partial charge in [0.15, 0.2) is 0 Å². The smallest absolute Gasteiger partial charge is 0.244 e. The van der Waals surface area contributed by atoms with Gasteiger partial charge in [0.2, 0.25) is 11.8 Å². The van der Waals surface area contributed by atoms with Gasteiger partial charge >= 0.3 is 0 Å². The summed E-state index contributed by atoms with van der Waals surface area (Å²) < 4.78 is 36.1. The number of aromatic nitrogens is 6. The van der Waals surface area contributed by atoms with E-state index < -0.39 is 12.8 Å². The Bertz CT molecular complexity index is 1260. The molecule has 2 atom stereocenters. The molecule has 1 fully saturated rings. The van der Waals surface area contributed by atoms with Gasteiger partial charge in [0, 0.05) is 24.8 Å².